The third-order valence-electron chi connectivity index (χ3n) is 2.85. The summed E-state index contributed by atoms with van der Waals surface area (Å²) in [5, 5.41) is 3.30. The molecule has 2 aromatic rings. The molecule has 0 aliphatic rings. The van der Waals surface area contributed by atoms with E-state index in [1.165, 1.54) is 0 Å². The molecule has 0 heterocycles. The molecule has 0 atom stereocenters. The molecule has 0 unspecified atom stereocenters. The van der Waals surface area contributed by atoms with Crippen LogP contribution in [0.2, 0.25) is 5.02 Å². The van der Waals surface area contributed by atoms with E-state index >= 15 is 0 Å². The van der Waals surface area contributed by atoms with Gasteiger partial charge in [0.1, 0.15) is 5.75 Å². The smallest absolute Gasteiger partial charge is 0.262 e. The molecule has 0 spiro atoms. The van der Waals surface area contributed by atoms with E-state index in [2.05, 4.69) is 5.32 Å². The first-order valence-corrected chi connectivity index (χ1v) is 7.03. The van der Waals surface area contributed by atoms with Gasteiger partial charge in [-0.2, -0.15) is 0 Å². The average molecular weight is 305 g/mol. The van der Waals surface area contributed by atoms with E-state index in [1.807, 2.05) is 24.3 Å². The van der Waals surface area contributed by atoms with E-state index in [9.17, 15) is 4.79 Å². The summed E-state index contributed by atoms with van der Waals surface area (Å²) in [4.78, 5) is 11.9. The molecular formula is C16H17ClN2O2. The van der Waals surface area contributed by atoms with Crippen LogP contribution in [0.5, 0.6) is 5.75 Å². The molecule has 0 saturated carbocycles. The minimum absolute atomic E-state index is 0.0614. The monoisotopic (exact) mass is 304 g/mol. The number of para-hydroxylation sites is 1. The van der Waals surface area contributed by atoms with Gasteiger partial charge in [0.25, 0.3) is 5.91 Å². The lowest BCUT2D eigenvalue weighted by Gasteiger charge is -2.11. The quantitative estimate of drug-likeness (QED) is 0.862. The van der Waals surface area contributed by atoms with Crippen molar-refractivity contribution in [3.8, 4) is 5.75 Å². The van der Waals surface area contributed by atoms with E-state index in [4.69, 9.17) is 22.1 Å². The van der Waals surface area contributed by atoms with Crippen LogP contribution in [0.4, 0.5) is 5.69 Å². The van der Waals surface area contributed by atoms with Crippen molar-refractivity contribution in [1.82, 2.24) is 0 Å². The summed E-state index contributed by atoms with van der Waals surface area (Å²) in [6.45, 7) is 0.475. The van der Waals surface area contributed by atoms with Crippen molar-refractivity contribution in [1.29, 1.82) is 0 Å². The Morgan fingerprint density at radius 2 is 2.00 bits per heavy atom. The summed E-state index contributed by atoms with van der Waals surface area (Å²) in [5.74, 6) is 0.448. The number of hydrogen-bond donors (Lipinski definition) is 2. The Labute approximate surface area is 128 Å². The van der Waals surface area contributed by atoms with Crippen molar-refractivity contribution in [2.75, 3.05) is 18.5 Å². The van der Waals surface area contributed by atoms with Gasteiger partial charge in [-0.1, -0.05) is 35.9 Å². The molecule has 0 bridgehead atoms. The van der Waals surface area contributed by atoms with E-state index < -0.39 is 0 Å². The number of nitrogens with one attached hydrogen (secondary N) is 1. The van der Waals surface area contributed by atoms with Gasteiger partial charge in [0.2, 0.25) is 0 Å². The van der Waals surface area contributed by atoms with Crippen molar-refractivity contribution in [3.05, 3.63) is 59.1 Å². The van der Waals surface area contributed by atoms with E-state index in [-0.39, 0.29) is 12.5 Å². The third kappa shape index (κ3) is 4.77. The highest BCUT2D eigenvalue weighted by Crippen LogP contribution is 2.18. The first kappa shape index (κ1) is 15.4. The number of rotatable bonds is 6. The summed E-state index contributed by atoms with van der Waals surface area (Å²) in [5.41, 5.74) is 7.20. The number of carbonyl (C=O) groups is 1. The number of hydrogen-bond acceptors (Lipinski definition) is 3. The summed E-state index contributed by atoms with van der Waals surface area (Å²) >= 11 is 5.86. The van der Waals surface area contributed by atoms with Gasteiger partial charge < -0.3 is 15.8 Å². The van der Waals surface area contributed by atoms with Crippen molar-refractivity contribution in [3.63, 3.8) is 0 Å². The van der Waals surface area contributed by atoms with Gasteiger partial charge in [0.05, 0.1) is 0 Å². The van der Waals surface area contributed by atoms with E-state index in [1.54, 1.807) is 24.3 Å². The second kappa shape index (κ2) is 7.67. The van der Waals surface area contributed by atoms with Crippen LogP contribution >= 0.6 is 11.6 Å². The van der Waals surface area contributed by atoms with Crippen LogP contribution in [0.1, 0.15) is 5.56 Å². The van der Waals surface area contributed by atoms with Crippen LogP contribution in [0.25, 0.3) is 0 Å². The second-order valence-corrected chi connectivity index (χ2v) is 4.93. The second-order valence-electron chi connectivity index (χ2n) is 4.49. The zero-order chi connectivity index (χ0) is 15.1. The van der Waals surface area contributed by atoms with Crippen molar-refractivity contribution in [2.45, 2.75) is 6.42 Å². The number of benzene rings is 2. The highest BCUT2D eigenvalue weighted by atomic mass is 35.5. The maximum absolute atomic E-state index is 11.9. The van der Waals surface area contributed by atoms with Crippen LogP contribution in [0, 0.1) is 0 Å². The van der Waals surface area contributed by atoms with Crippen LogP contribution in [0.3, 0.4) is 0 Å². The van der Waals surface area contributed by atoms with Gasteiger partial charge in [-0.15, -0.1) is 0 Å². The summed E-state index contributed by atoms with van der Waals surface area (Å²) in [7, 11) is 0. The fourth-order valence-corrected chi connectivity index (χ4v) is 2.10. The number of amides is 1. The van der Waals surface area contributed by atoms with E-state index in [0.29, 0.717) is 29.4 Å². The summed E-state index contributed by atoms with van der Waals surface area (Å²) < 4.78 is 5.55. The Morgan fingerprint density at radius 3 is 2.76 bits per heavy atom. The van der Waals surface area contributed by atoms with Gasteiger partial charge in [-0.3, -0.25) is 4.79 Å². The Bertz CT molecular complexity index is 617. The molecule has 1 amide bonds. The molecule has 0 aliphatic carbocycles. The fourth-order valence-electron chi connectivity index (χ4n) is 1.91. The number of ether oxygens (including phenoxy) is 1. The molecule has 110 valence electrons. The SMILES string of the molecule is NCCc1ccccc1OCC(=O)Nc1cccc(Cl)c1. The molecule has 21 heavy (non-hydrogen) atoms. The molecule has 2 aromatic carbocycles. The number of carbonyl (C=O) groups excluding carboxylic acids is 1. The van der Waals surface area contributed by atoms with Gasteiger partial charge in [-0.05, 0) is 42.8 Å². The molecule has 0 fully saturated rings. The Kier molecular flexibility index (Phi) is 5.60. The average Bonchev–Trinajstić information content (AvgIpc) is 2.47. The lowest BCUT2D eigenvalue weighted by atomic mass is 10.1. The molecule has 5 heteroatoms. The summed E-state index contributed by atoms with van der Waals surface area (Å²) in [6.07, 6.45) is 0.714. The van der Waals surface area contributed by atoms with Crippen LogP contribution < -0.4 is 15.8 Å². The van der Waals surface area contributed by atoms with Gasteiger partial charge in [0, 0.05) is 10.7 Å². The highest BCUT2D eigenvalue weighted by Gasteiger charge is 2.07. The molecule has 0 saturated heterocycles. The van der Waals surface area contributed by atoms with Gasteiger partial charge in [-0.25, -0.2) is 0 Å². The number of anilines is 1. The van der Waals surface area contributed by atoms with Gasteiger partial charge >= 0.3 is 0 Å². The van der Waals surface area contributed by atoms with Crippen molar-refractivity contribution < 1.29 is 9.53 Å². The Hall–Kier alpha value is -2.04. The zero-order valence-corrected chi connectivity index (χ0v) is 12.3. The Balaban J connectivity index is 1.92. The number of nitrogens with two attached hydrogens (primary N) is 1. The number of halogens is 1. The molecular weight excluding hydrogens is 288 g/mol. The molecule has 4 nitrogen and oxygen atoms in total. The topological polar surface area (TPSA) is 64.3 Å². The molecule has 3 N–H and O–H groups in total. The predicted octanol–water partition coefficient (Wildman–Crippen LogP) is 2.86. The van der Waals surface area contributed by atoms with Crippen LogP contribution in [-0.4, -0.2) is 19.1 Å². The van der Waals surface area contributed by atoms with Crippen LogP contribution in [-0.2, 0) is 11.2 Å². The van der Waals surface area contributed by atoms with Crippen molar-refractivity contribution in [2.24, 2.45) is 5.73 Å². The third-order valence-corrected chi connectivity index (χ3v) is 3.09. The van der Waals surface area contributed by atoms with Crippen molar-refractivity contribution >= 4 is 23.2 Å². The standard InChI is InChI=1S/C16H17ClN2O2/c17-13-5-3-6-14(10-13)19-16(20)11-21-15-7-2-1-4-12(15)8-9-18/h1-7,10H,8-9,11,18H2,(H,19,20). The molecule has 0 radical (unpaired) electrons. The summed E-state index contributed by atoms with van der Waals surface area (Å²) in [6, 6.07) is 14.5. The van der Waals surface area contributed by atoms with E-state index in [0.717, 1.165) is 5.56 Å². The minimum atomic E-state index is -0.236. The Morgan fingerprint density at radius 1 is 1.19 bits per heavy atom. The maximum Gasteiger partial charge on any atom is 0.262 e. The minimum Gasteiger partial charge on any atom is -0.483 e. The molecule has 0 aromatic heterocycles. The normalized spacial score (nSPS) is 10.2. The highest BCUT2D eigenvalue weighted by molar-refractivity contribution is 6.30. The first-order valence-electron chi connectivity index (χ1n) is 6.65. The predicted molar refractivity (Wildman–Crippen MR) is 84.8 cm³/mol. The van der Waals surface area contributed by atoms with Crippen LogP contribution in [0.15, 0.2) is 48.5 Å². The molecule has 2 rings (SSSR count). The lowest BCUT2D eigenvalue weighted by Crippen LogP contribution is -2.20. The maximum atomic E-state index is 11.9. The largest absolute Gasteiger partial charge is 0.483 e. The zero-order valence-electron chi connectivity index (χ0n) is 11.5. The fraction of sp³-hybridized carbons (Fsp3) is 0.188. The lowest BCUT2D eigenvalue weighted by molar-refractivity contribution is -0.118. The molecule has 0 aliphatic heterocycles. The van der Waals surface area contributed by atoms with Gasteiger partial charge in [0.15, 0.2) is 6.61 Å². The first-order chi connectivity index (χ1) is 10.2.